The summed E-state index contributed by atoms with van der Waals surface area (Å²) in [6, 6.07) is 37.6. The molecule has 7 atom stereocenters. The number of pyridine rings is 1. The van der Waals surface area contributed by atoms with Crippen LogP contribution in [-0.2, 0) is 58.7 Å². The van der Waals surface area contributed by atoms with Crippen molar-refractivity contribution in [3.05, 3.63) is 195 Å². The maximum Gasteiger partial charge on any atom is 0.413 e. The van der Waals surface area contributed by atoms with E-state index >= 15 is 0 Å². The number of thiazole rings is 3. The monoisotopic (exact) mass is 1560 g/mol. The zero-order chi connectivity index (χ0) is 75.7. The van der Waals surface area contributed by atoms with Gasteiger partial charge in [-0.15, -0.1) is 57.5 Å². The van der Waals surface area contributed by atoms with E-state index in [4.69, 9.17) is 48.3 Å². The Labute approximate surface area is 640 Å². The van der Waals surface area contributed by atoms with Gasteiger partial charge < -0.3 is 49.5 Å². The van der Waals surface area contributed by atoms with Crippen molar-refractivity contribution in [1.29, 1.82) is 0 Å². The van der Waals surface area contributed by atoms with Crippen LogP contribution in [-0.4, -0.2) is 176 Å². The lowest BCUT2D eigenvalue weighted by atomic mass is 10.1. The number of amides is 6. The van der Waals surface area contributed by atoms with E-state index in [0.717, 1.165) is 21.1 Å². The molecule has 4 aliphatic heterocycles. The normalized spacial score (nSPS) is 19.1. The minimum absolute atomic E-state index is 0.0295. The fourth-order valence-electron chi connectivity index (χ4n) is 12.9. The summed E-state index contributed by atoms with van der Waals surface area (Å²) in [5, 5.41) is 23.0. The molecule has 0 radical (unpaired) electrons. The van der Waals surface area contributed by atoms with Crippen LogP contribution in [0.1, 0.15) is 118 Å². The van der Waals surface area contributed by atoms with Gasteiger partial charge in [0, 0.05) is 34.2 Å². The molecule has 4 aromatic carbocycles. The van der Waals surface area contributed by atoms with Crippen molar-refractivity contribution in [1.82, 2.24) is 51.0 Å². The number of methoxy groups -OCH3 is 1. The number of allylic oxidation sites excluding steroid dienone is 1. The summed E-state index contributed by atoms with van der Waals surface area (Å²) in [5.41, 5.74) is 0.888. The minimum Gasteiger partial charge on any atom is -0.467 e. The molecule has 4 N–H and O–H groups in total. The third-order valence-corrected chi connectivity index (χ3v) is 26.8. The summed E-state index contributed by atoms with van der Waals surface area (Å²) in [4.78, 5) is 143. The number of rotatable bonds is 25. The zero-order valence-corrected chi connectivity index (χ0v) is 65.2. The minimum atomic E-state index is -3.31. The number of aromatic nitrogens is 4. The maximum absolute atomic E-state index is 14.9. The molecular weight excluding hydrogens is 1480 g/mol. The van der Waals surface area contributed by atoms with Crippen molar-refractivity contribution >= 4 is 139 Å². The SMILES string of the molecule is C/C=C(\NC(=O)CNC(=O)[C@@H]1[C@@H](C)OC(C)(C)N1C(=O)OC(C)(C)C)C(=O)N1CCC[C@H]1C(=O)N[C@H](C)c1nc(-c2nc(C3=N[C@H](C(=O)NC(CO[Si](c4ccccc4)(c4ccccc4)c4ccccc4)c4nc(-c5nc(C6=N[C@H](C(=O)OC)CS6)cs5)cs4)CS3)cs2)ccc1C(=O)OCc1ccccc1. The van der Waals surface area contributed by atoms with E-state index in [0.29, 0.717) is 65.8 Å². The molecule has 25 nitrogen and oxygen atoms in total. The van der Waals surface area contributed by atoms with Crippen LogP contribution in [0.15, 0.2) is 171 Å². The Kier molecular flexibility index (Phi) is 24.2. The Morgan fingerprint density at radius 2 is 1.28 bits per heavy atom. The maximum atomic E-state index is 14.9. The molecule has 0 spiro atoms. The van der Waals surface area contributed by atoms with Crippen LogP contribution >= 0.6 is 57.5 Å². The van der Waals surface area contributed by atoms with Crippen molar-refractivity contribution in [2.45, 2.75) is 129 Å². The Morgan fingerprint density at radius 1 is 0.701 bits per heavy atom. The van der Waals surface area contributed by atoms with Gasteiger partial charge in [-0.05, 0) is 101 Å². The number of hydrogen-bond donors (Lipinski definition) is 4. The van der Waals surface area contributed by atoms with Gasteiger partial charge in [0.05, 0.1) is 49.4 Å². The van der Waals surface area contributed by atoms with Gasteiger partial charge in [0.1, 0.15) is 90.0 Å². The van der Waals surface area contributed by atoms with Crippen molar-refractivity contribution in [3.63, 3.8) is 0 Å². The lowest BCUT2D eigenvalue weighted by Gasteiger charge is -2.34. The quantitative estimate of drug-likeness (QED) is 0.0137. The van der Waals surface area contributed by atoms with E-state index in [9.17, 15) is 38.4 Å². The molecule has 12 rings (SSSR count). The number of ether oxygens (including phenoxy) is 4. The summed E-state index contributed by atoms with van der Waals surface area (Å²) < 4.78 is 29.8. The van der Waals surface area contributed by atoms with Crippen molar-refractivity contribution in [2.24, 2.45) is 9.98 Å². The van der Waals surface area contributed by atoms with Gasteiger partial charge in [-0.25, -0.2) is 34.3 Å². The molecule has 0 aliphatic carbocycles. The van der Waals surface area contributed by atoms with Gasteiger partial charge in [-0.1, -0.05) is 127 Å². The van der Waals surface area contributed by atoms with Crippen LogP contribution in [0.3, 0.4) is 0 Å². The van der Waals surface area contributed by atoms with Crippen molar-refractivity contribution in [2.75, 3.05) is 38.3 Å². The van der Waals surface area contributed by atoms with Crippen LogP contribution in [0.25, 0.3) is 21.4 Å². The summed E-state index contributed by atoms with van der Waals surface area (Å²) in [6.07, 6.45) is 0.613. The second-order valence-corrected chi connectivity index (χ2v) is 35.0. The number of benzene rings is 4. The van der Waals surface area contributed by atoms with E-state index in [1.807, 2.05) is 101 Å². The lowest BCUT2D eigenvalue weighted by molar-refractivity contribution is -0.141. The Bertz CT molecular complexity index is 4610. The molecule has 8 heterocycles. The number of carbonyl (C=O) groups excluding carboxylic acids is 8. The topological polar surface area (TPSA) is 314 Å². The Balaban J connectivity index is 0.758. The second kappa shape index (κ2) is 33.7. The van der Waals surface area contributed by atoms with Crippen molar-refractivity contribution in [3.8, 4) is 21.4 Å². The smallest absolute Gasteiger partial charge is 0.413 e. The Morgan fingerprint density at radius 3 is 1.88 bits per heavy atom. The number of nitrogens with one attached hydrogen (secondary N) is 4. The standard InChI is InChI=1S/C76H80N12O13S5Si/c1-10-51(79-60(89)36-77-65(92)62-45(3)100-76(7,8)88(62)74(96)101-75(4,5)6)71(93)87-35-23-32-59(87)64(91)78-44(2)61-50(72(94)98-37-46-24-15-11-16-25-46)33-34-52(80-61)66-83-55(40-103-66)68-82-54(39-102-68)63(90)81-53(67-84-56(41-104-67)69-85-57(42-105-69)70-86-58(43-106-70)73(95)97-9)38-99-107(47-26-17-12-18-27-47,48-28-19-13-20-29-48)49-30-21-14-22-31-49/h10-22,24-31,33-34,40-42,44-45,53-54,58-59,62H,23,32,35-39,43H2,1-9H3,(H,77,92)(H,78,91)(H,79,89)(H,81,90)/b51-10-/t44-,45-,53?,54+,58+,59+,62+/m1/s1. The molecule has 107 heavy (non-hydrogen) atoms. The first kappa shape index (κ1) is 77.0. The van der Waals surface area contributed by atoms with Gasteiger partial charge in [0.25, 0.3) is 14.2 Å². The highest BCUT2D eigenvalue weighted by atomic mass is 32.2. The third-order valence-electron chi connectivity index (χ3n) is 17.9. The van der Waals surface area contributed by atoms with E-state index in [2.05, 4.69) is 62.7 Å². The number of esters is 2. The van der Waals surface area contributed by atoms with Crippen molar-refractivity contribution < 1.29 is 61.7 Å². The number of likely N-dealkylation sites (tertiary alicyclic amines) is 1. The number of hydrogen-bond acceptors (Lipinski definition) is 24. The first-order valence-electron chi connectivity index (χ1n) is 34.7. The molecular formula is C76H80N12O13S5Si. The fraction of sp³-hybridized carbons (Fsp3) is 0.342. The number of carbonyl (C=O) groups is 8. The lowest BCUT2D eigenvalue weighted by Crippen LogP contribution is -2.69. The van der Waals surface area contributed by atoms with Crippen LogP contribution in [0.2, 0.25) is 0 Å². The Hall–Kier alpha value is -9.60. The average molecular weight is 1560 g/mol. The molecule has 0 bridgehead atoms. The van der Waals surface area contributed by atoms with E-state index in [1.54, 1.807) is 67.5 Å². The highest BCUT2D eigenvalue weighted by Gasteiger charge is 2.53. The highest BCUT2D eigenvalue weighted by molar-refractivity contribution is 8.15. The molecule has 556 valence electrons. The van der Waals surface area contributed by atoms with Gasteiger partial charge in [-0.2, -0.15) is 0 Å². The van der Waals surface area contributed by atoms with Gasteiger partial charge in [-0.3, -0.25) is 38.9 Å². The van der Waals surface area contributed by atoms with Crippen LogP contribution in [0.4, 0.5) is 4.79 Å². The molecule has 4 aromatic heterocycles. The fourth-order valence-corrected chi connectivity index (χ4v) is 21.4. The third kappa shape index (κ3) is 17.7. The highest BCUT2D eigenvalue weighted by Crippen LogP contribution is 2.37. The predicted octanol–water partition coefficient (Wildman–Crippen LogP) is 8.65. The molecule has 2 fully saturated rings. The predicted molar refractivity (Wildman–Crippen MR) is 415 cm³/mol. The average Bonchev–Trinajstić information content (AvgIpc) is 1.64. The van der Waals surface area contributed by atoms with E-state index < -0.39 is 110 Å². The summed E-state index contributed by atoms with van der Waals surface area (Å²) in [7, 11) is -1.97. The molecule has 0 saturated carbocycles. The molecule has 4 aliphatic rings. The molecule has 1 unspecified atom stereocenters. The number of thioether (sulfide) groups is 2. The summed E-state index contributed by atoms with van der Waals surface area (Å²) >= 11 is 6.88. The van der Waals surface area contributed by atoms with Gasteiger partial charge in [0.15, 0.2) is 6.04 Å². The largest absolute Gasteiger partial charge is 0.467 e. The van der Waals surface area contributed by atoms with Crippen LogP contribution < -0.4 is 36.8 Å². The van der Waals surface area contributed by atoms with E-state index in [1.165, 1.54) is 80.5 Å². The van der Waals surface area contributed by atoms with Gasteiger partial charge in [0.2, 0.25) is 23.6 Å². The number of aliphatic imine (C=N–C) groups is 2. The molecule has 8 aromatic rings. The van der Waals surface area contributed by atoms with Gasteiger partial charge >= 0.3 is 18.0 Å². The summed E-state index contributed by atoms with van der Waals surface area (Å²) in [6.45, 7) is 12.8. The van der Waals surface area contributed by atoms with E-state index in [-0.39, 0.29) is 49.0 Å². The first-order valence-corrected chi connectivity index (χ1v) is 41.2. The second-order valence-electron chi connectivity index (χ2n) is 27.0. The number of nitrogens with zero attached hydrogens (tertiary/aromatic N) is 8. The van der Waals surface area contributed by atoms with Crippen LogP contribution in [0, 0.1) is 0 Å². The molecule has 6 amide bonds. The zero-order valence-electron chi connectivity index (χ0n) is 60.1. The van der Waals surface area contributed by atoms with Crippen LogP contribution in [0.5, 0.6) is 0 Å². The molecule has 31 heteroatoms. The molecule has 2 saturated heterocycles. The summed E-state index contributed by atoms with van der Waals surface area (Å²) in [5.74, 6) is -3.30. The first-order chi connectivity index (χ1) is 51.4.